The Morgan fingerprint density at radius 2 is 1.80 bits per heavy atom. The van der Waals surface area contributed by atoms with E-state index < -0.39 is 0 Å². The monoisotopic (exact) mass is 344 g/mol. The van der Waals surface area contributed by atoms with Crippen molar-refractivity contribution in [2.75, 3.05) is 45.3 Å². The van der Waals surface area contributed by atoms with Gasteiger partial charge in [-0.25, -0.2) is 4.98 Å². The molecule has 0 spiro atoms. The van der Waals surface area contributed by atoms with Crippen molar-refractivity contribution >= 4 is 11.7 Å². The van der Waals surface area contributed by atoms with E-state index in [1.807, 2.05) is 4.90 Å². The smallest absolute Gasteiger partial charge is 0.254 e. The highest BCUT2D eigenvalue weighted by Gasteiger charge is 2.23. The Morgan fingerprint density at radius 1 is 1.08 bits per heavy atom. The highest BCUT2D eigenvalue weighted by atomic mass is 16.5. The minimum absolute atomic E-state index is 0.0560. The highest BCUT2D eigenvalue weighted by molar-refractivity contribution is 5.95. The van der Waals surface area contributed by atoms with E-state index in [9.17, 15) is 9.59 Å². The predicted molar refractivity (Wildman–Crippen MR) is 92.5 cm³/mol. The van der Waals surface area contributed by atoms with E-state index in [0.717, 1.165) is 0 Å². The molecule has 1 amide bonds. The maximum absolute atomic E-state index is 12.7. The number of anilines is 1. The Hall–Kier alpha value is -3.03. The van der Waals surface area contributed by atoms with Gasteiger partial charge in [0.15, 0.2) is 11.5 Å². The second-order valence-electron chi connectivity index (χ2n) is 5.62. The summed E-state index contributed by atoms with van der Waals surface area (Å²) in [6.45, 7) is 2.36. The summed E-state index contributed by atoms with van der Waals surface area (Å²) < 4.78 is 10.5. The van der Waals surface area contributed by atoms with Crippen molar-refractivity contribution in [3.8, 4) is 11.5 Å². The number of ether oxygens (including phenoxy) is 2. The maximum atomic E-state index is 12.7. The third-order valence-electron chi connectivity index (χ3n) is 4.19. The lowest BCUT2D eigenvalue weighted by Gasteiger charge is -2.35. The average Bonchev–Trinajstić information content (AvgIpc) is 2.67. The van der Waals surface area contributed by atoms with E-state index >= 15 is 0 Å². The van der Waals surface area contributed by atoms with Gasteiger partial charge in [-0.05, 0) is 18.2 Å². The summed E-state index contributed by atoms with van der Waals surface area (Å²) >= 11 is 0. The number of aromatic nitrogens is 2. The first-order valence-electron chi connectivity index (χ1n) is 7.93. The summed E-state index contributed by atoms with van der Waals surface area (Å²) in [7, 11) is 3.10. The second kappa shape index (κ2) is 7.25. The Balaban J connectivity index is 1.68. The molecule has 25 heavy (non-hydrogen) atoms. The molecule has 0 radical (unpaired) electrons. The lowest BCUT2D eigenvalue weighted by Crippen LogP contribution is -2.49. The molecule has 0 unspecified atom stereocenters. The number of rotatable bonds is 4. The number of carbonyl (C=O) groups excluding carboxylic acids is 1. The van der Waals surface area contributed by atoms with Gasteiger partial charge in [0.05, 0.1) is 20.5 Å². The zero-order valence-corrected chi connectivity index (χ0v) is 14.2. The van der Waals surface area contributed by atoms with E-state index in [1.54, 1.807) is 37.3 Å². The molecule has 0 atom stereocenters. The predicted octanol–water partition coefficient (Wildman–Crippen LogP) is 0.749. The lowest BCUT2D eigenvalue weighted by atomic mass is 10.1. The molecule has 1 fully saturated rings. The number of nitrogens with zero attached hydrogens (tertiary/aromatic N) is 3. The molecule has 132 valence electrons. The number of methoxy groups -OCH3 is 2. The molecule has 1 aliphatic heterocycles. The van der Waals surface area contributed by atoms with E-state index in [2.05, 4.69) is 9.97 Å². The van der Waals surface area contributed by atoms with Crippen LogP contribution in [0.2, 0.25) is 0 Å². The van der Waals surface area contributed by atoms with Gasteiger partial charge in [0.25, 0.3) is 11.5 Å². The van der Waals surface area contributed by atoms with Gasteiger partial charge in [0, 0.05) is 37.8 Å². The largest absolute Gasteiger partial charge is 0.493 e. The summed E-state index contributed by atoms with van der Waals surface area (Å²) in [5.41, 5.74) is 0.370. The van der Waals surface area contributed by atoms with Crippen LogP contribution in [0.1, 0.15) is 10.4 Å². The van der Waals surface area contributed by atoms with Crippen molar-refractivity contribution < 1.29 is 14.3 Å². The van der Waals surface area contributed by atoms with Crippen LogP contribution in [0.4, 0.5) is 5.82 Å². The van der Waals surface area contributed by atoms with E-state index in [0.29, 0.717) is 49.1 Å². The van der Waals surface area contributed by atoms with Crippen molar-refractivity contribution in [2.24, 2.45) is 0 Å². The summed E-state index contributed by atoms with van der Waals surface area (Å²) in [4.78, 5) is 34.5. The van der Waals surface area contributed by atoms with Gasteiger partial charge in [0.2, 0.25) is 0 Å². The SMILES string of the molecule is COc1ccc(C(=O)N2CCN(c3cc(=O)[nH]cn3)CC2)cc1OC. The molecule has 1 aliphatic rings. The number of nitrogens with one attached hydrogen (secondary N) is 1. The van der Waals surface area contributed by atoms with Gasteiger partial charge >= 0.3 is 0 Å². The zero-order valence-electron chi connectivity index (χ0n) is 14.2. The first-order chi connectivity index (χ1) is 12.1. The average molecular weight is 344 g/mol. The van der Waals surface area contributed by atoms with Crippen LogP contribution in [-0.2, 0) is 0 Å². The molecule has 1 N–H and O–H groups in total. The summed E-state index contributed by atoms with van der Waals surface area (Å²) in [6, 6.07) is 6.61. The highest BCUT2D eigenvalue weighted by Crippen LogP contribution is 2.28. The molecule has 8 heteroatoms. The van der Waals surface area contributed by atoms with Crippen LogP contribution in [0, 0.1) is 0 Å². The minimum atomic E-state index is -0.186. The first kappa shape index (κ1) is 16.8. The number of H-pyrrole nitrogens is 1. The molecule has 8 nitrogen and oxygen atoms in total. The van der Waals surface area contributed by atoms with Crippen LogP contribution in [0.3, 0.4) is 0 Å². The van der Waals surface area contributed by atoms with Crippen LogP contribution in [0.15, 0.2) is 35.4 Å². The van der Waals surface area contributed by atoms with Crippen molar-refractivity contribution in [3.05, 3.63) is 46.5 Å². The molecule has 1 aromatic heterocycles. The topological polar surface area (TPSA) is 87.8 Å². The fourth-order valence-corrected chi connectivity index (χ4v) is 2.82. The molecule has 0 saturated carbocycles. The fraction of sp³-hybridized carbons (Fsp3) is 0.353. The van der Waals surface area contributed by atoms with Crippen molar-refractivity contribution in [2.45, 2.75) is 0 Å². The van der Waals surface area contributed by atoms with Crippen molar-refractivity contribution in [1.82, 2.24) is 14.9 Å². The van der Waals surface area contributed by atoms with Gasteiger partial charge in [0.1, 0.15) is 5.82 Å². The van der Waals surface area contributed by atoms with Crippen LogP contribution in [0.5, 0.6) is 11.5 Å². The molecular formula is C17H20N4O4. The molecule has 2 heterocycles. The molecule has 1 saturated heterocycles. The van der Waals surface area contributed by atoms with Crippen LogP contribution >= 0.6 is 0 Å². The maximum Gasteiger partial charge on any atom is 0.254 e. The normalized spacial score (nSPS) is 14.3. The van der Waals surface area contributed by atoms with Crippen LogP contribution in [0.25, 0.3) is 0 Å². The Bertz CT molecular complexity index is 812. The number of hydrogen-bond acceptors (Lipinski definition) is 6. The van der Waals surface area contributed by atoms with Gasteiger partial charge in [-0.1, -0.05) is 0 Å². The molecule has 0 aliphatic carbocycles. The van der Waals surface area contributed by atoms with Crippen molar-refractivity contribution in [1.29, 1.82) is 0 Å². The summed E-state index contributed by atoms with van der Waals surface area (Å²) in [6.07, 6.45) is 1.39. The van der Waals surface area contributed by atoms with Crippen molar-refractivity contribution in [3.63, 3.8) is 0 Å². The molecule has 1 aromatic carbocycles. The van der Waals surface area contributed by atoms with Gasteiger partial charge < -0.3 is 24.3 Å². The molecule has 0 bridgehead atoms. The number of hydrogen-bond donors (Lipinski definition) is 1. The summed E-state index contributed by atoms with van der Waals surface area (Å²) in [5.74, 6) is 1.69. The fourth-order valence-electron chi connectivity index (χ4n) is 2.82. The third kappa shape index (κ3) is 3.57. The molecular weight excluding hydrogens is 324 g/mol. The quantitative estimate of drug-likeness (QED) is 0.881. The van der Waals surface area contributed by atoms with E-state index in [4.69, 9.17) is 9.47 Å². The van der Waals surface area contributed by atoms with Gasteiger partial charge in [-0.3, -0.25) is 9.59 Å². The first-order valence-corrected chi connectivity index (χ1v) is 7.93. The van der Waals surface area contributed by atoms with Crippen LogP contribution in [-0.4, -0.2) is 61.2 Å². The summed E-state index contributed by atoms with van der Waals surface area (Å²) in [5, 5.41) is 0. The Kier molecular flexibility index (Phi) is 4.87. The Morgan fingerprint density at radius 3 is 2.44 bits per heavy atom. The third-order valence-corrected chi connectivity index (χ3v) is 4.19. The standard InChI is InChI=1S/C17H20N4O4/c1-24-13-4-3-12(9-14(13)25-2)17(23)21-7-5-20(6-8-21)15-10-16(22)19-11-18-15/h3-4,9-11H,5-8H2,1-2H3,(H,18,19,22). The number of carbonyl (C=O) groups is 1. The molecule has 3 rings (SSSR count). The number of amides is 1. The number of benzene rings is 1. The van der Waals surface area contributed by atoms with E-state index in [-0.39, 0.29) is 11.5 Å². The Labute approximate surface area is 145 Å². The lowest BCUT2D eigenvalue weighted by molar-refractivity contribution is 0.0746. The van der Waals surface area contributed by atoms with E-state index in [1.165, 1.54) is 12.4 Å². The number of aromatic amines is 1. The molecule has 2 aromatic rings. The minimum Gasteiger partial charge on any atom is -0.493 e. The number of piperazine rings is 1. The van der Waals surface area contributed by atoms with Gasteiger partial charge in [-0.2, -0.15) is 0 Å². The zero-order chi connectivity index (χ0) is 17.8. The van der Waals surface area contributed by atoms with Gasteiger partial charge in [-0.15, -0.1) is 0 Å². The van der Waals surface area contributed by atoms with Crippen LogP contribution < -0.4 is 19.9 Å². The second-order valence-corrected chi connectivity index (χ2v) is 5.62.